The van der Waals surface area contributed by atoms with Crippen LogP contribution >= 0.6 is 23.1 Å². The average molecular weight is 189 g/mol. The lowest BCUT2D eigenvalue weighted by molar-refractivity contribution is 0.200. The van der Waals surface area contributed by atoms with Crippen molar-refractivity contribution in [3.8, 4) is 0 Å². The first kappa shape index (κ1) is 9.03. The van der Waals surface area contributed by atoms with Gasteiger partial charge in [-0.05, 0) is 13.2 Å². The zero-order valence-corrected chi connectivity index (χ0v) is 8.21. The lowest BCUT2D eigenvalue weighted by atomic mass is 10.3. The molecule has 1 aromatic heterocycles. The smallest absolute Gasteiger partial charge is 0.106 e. The highest BCUT2D eigenvalue weighted by molar-refractivity contribution is 7.98. The largest absolute Gasteiger partial charge is 0.386 e. The van der Waals surface area contributed by atoms with Gasteiger partial charge in [-0.3, -0.25) is 0 Å². The Labute approximate surface area is 74.7 Å². The number of aliphatic hydroxyl groups excluding tert-OH is 1. The van der Waals surface area contributed by atoms with Crippen LogP contribution in [0.1, 0.15) is 16.8 Å². The second kappa shape index (κ2) is 4.09. The van der Waals surface area contributed by atoms with Crippen LogP contribution in [0.15, 0.2) is 5.38 Å². The molecule has 1 unspecified atom stereocenters. The van der Waals surface area contributed by atoms with Gasteiger partial charge in [-0.25, -0.2) is 4.98 Å². The summed E-state index contributed by atoms with van der Waals surface area (Å²) in [5, 5.41) is 12.4. The van der Waals surface area contributed by atoms with E-state index < -0.39 is 6.10 Å². The third-order valence-corrected chi connectivity index (χ3v) is 2.74. The predicted octanol–water partition coefficient (Wildman–Crippen LogP) is 1.85. The highest BCUT2D eigenvalue weighted by Crippen LogP contribution is 2.18. The zero-order valence-electron chi connectivity index (χ0n) is 6.57. The van der Waals surface area contributed by atoms with E-state index >= 15 is 0 Å². The van der Waals surface area contributed by atoms with Crippen molar-refractivity contribution in [2.24, 2.45) is 0 Å². The Hall–Kier alpha value is -0.0600. The minimum absolute atomic E-state index is 0.394. The molecular formula is C7H11NOS2. The second-order valence-electron chi connectivity index (χ2n) is 2.26. The number of aliphatic hydroxyl groups is 1. The molecule has 62 valence electrons. The Kier molecular flexibility index (Phi) is 3.36. The van der Waals surface area contributed by atoms with Gasteiger partial charge in [0.2, 0.25) is 0 Å². The fourth-order valence-corrected chi connectivity index (χ4v) is 1.92. The van der Waals surface area contributed by atoms with Crippen molar-refractivity contribution < 1.29 is 5.11 Å². The fraction of sp³-hybridized carbons (Fsp3) is 0.571. The number of hydrogen-bond donors (Lipinski definition) is 1. The van der Waals surface area contributed by atoms with E-state index in [-0.39, 0.29) is 0 Å². The molecule has 0 aliphatic heterocycles. The normalized spacial score (nSPS) is 13.4. The number of rotatable bonds is 3. The van der Waals surface area contributed by atoms with Gasteiger partial charge in [0.05, 0.1) is 10.7 Å². The number of aromatic nitrogens is 1. The Bertz CT molecular complexity index is 224. The lowest BCUT2D eigenvalue weighted by Gasteiger charge is -2.03. The van der Waals surface area contributed by atoms with Crippen molar-refractivity contribution in [1.82, 2.24) is 4.98 Å². The highest BCUT2D eigenvalue weighted by atomic mass is 32.2. The monoisotopic (exact) mass is 189 g/mol. The van der Waals surface area contributed by atoms with Crippen LogP contribution < -0.4 is 0 Å². The minimum atomic E-state index is -0.394. The molecule has 11 heavy (non-hydrogen) atoms. The standard InChI is InChI=1S/C7H11NOS2/c1-5-8-6(3-11-5)7(9)4-10-2/h3,7,9H,4H2,1-2H3. The van der Waals surface area contributed by atoms with Crippen LogP contribution in [0.4, 0.5) is 0 Å². The van der Waals surface area contributed by atoms with E-state index in [0.717, 1.165) is 16.5 Å². The van der Waals surface area contributed by atoms with E-state index in [2.05, 4.69) is 4.98 Å². The summed E-state index contributed by atoms with van der Waals surface area (Å²) in [6.07, 6.45) is 1.58. The summed E-state index contributed by atoms with van der Waals surface area (Å²) in [5.74, 6) is 0.725. The van der Waals surface area contributed by atoms with Gasteiger partial charge in [0.15, 0.2) is 0 Å². The maximum Gasteiger partial charge on any atom is 0.106 e. The lowest BCUT2D eigenvalue weighted by Crippen LogP contribution is -2.00. The maximum atomic E-state index is 9.46. The third-order valence-electron chi connectivity index (χ3n) is 1.30. The molecule has 0 amide bonds. The summed E-state index contributed by atoms with van der Waals surface area (Å²) >= 11 is 3.21. The summed E-state index contributed by atoms with van der Waals surface area (Å²) in [7, 11) is 0. The van der Waals surface area contributed by atoms with Crippen LogP contribution in [-0.2, 0) is 0 Å². The van der Waals surface area contributed by atoms with Crippen LogP contribution in [0.2, 0.25) is 0 Å². The molecule has 0 saturated heterocycles. The molecule has 1 heterocycles. The van der Waals surface area contributed by atoms with Gasteiger partial charge in [-0.15, -0.1) is 11.3 Å². The third kappa shape index (κ3) is 2.47. The molecule has 0 saturated carbocycles. The van der Waals surface area contributed by atoms with Gasteiger partial charge in [-0.1, -0.05) is 0 Å². The van der Waals surface area contributed by atoms with E-state index in [1.807, 2.05) is 18.6 Å². The zero-order chi connectivity index (χ0) is 8.27. The van der Waals surface area contributed by atoms with E-state index in [0.29, 0.717) is 0 Å². The molecule has 0 fully saturated rings. The van der Waals surface area contributed by atoms with Crippen molar-refractivity contribution in [1.29, 1.82) is 0 Å². The summed E-state index contributed by atoms with van der Waals surface area (Å²) in [4.78, 5) is 4.18. The van der Waals surface area contributed by atoms with Crippen LogP contribution in [0, 0.1) is 6.92 Å². The van der Waals surface area contributed by atoms with Gasteiger partial charge in [-0.2, -0.15) is 11.8 Å². The van der Waals surface area contributed by atoms with Crippen LogP contribution in [-0.4, -0.2) is 22.1 Å². The predicted molar refractivity (Wildman–Crippen MR) is 50.2 cm³/mol. The molecule has 1 atom stereocenters. The van der Waals surface area contributed by atoms with Crippen LogP contribution in [0.3, 0.4) is 0 Å². The Morgan fingerprint density at radius 2 is 2.55 bits per heavy atom. The van der Waals surface area contributed by atoms with Crippen LogP contribution in [0.25, 0.3) is 0 Å². The summed E-state index contributed by atoms with van der Waals surface area (Å²) in [5.41, 5.74) is 0.807. The first-order valence-corrected chi connectivity index (χ1v) is 5.60. The molecule has 4 heteroatoms. The first-order chi connectivity index (χ1) is 5.24. The van der Waals surface area contributed by atoms with Gasteiger partial charge in [0.25, 0.3) is 0 Å². The van der Waals surface area contributed by atoms with Crippen molar-refractivity contribution in [2.75, 3.05) is 12.0 Å². The number of aryl methyl sites for hydroxylation is 1. The van der Waals surface area contributed by atoms with Gasteiger partial charge in [0.1, 0.15) is 6.10 Å². The molecule has 0 spiro atoms. The minimum Gasteiger partial charge on any atom is -0.386 e. The average Bonchev–Trinajstić information content (AvgIpc) is 2.36. The summed E-state index contributed by atoms with van der Waals surface area (Å²) < 4.78 is 0. The van der Waals surface area contributed by atoms with Crippen molar-refractivity contribution in [2.45, 2.75) is 13.0 Å². The number of hydrogen-bond acceptors (Lipinski definition) is 4. The first-order valence-electron chi connectivity index (χ1n) is 3.33. The Morgan fingerprint density at radius 3 is 3.00 bits per heavy atom. The van der Waals surface area contributed by atoms with E-state index in [4.69, 9.17) is 0 Å². The Morgan fingerprint density at radius 1 is 1.82 bits per heavy atom. The molecular weight excluding hydrogens is 178 g/mol. The maximum absolute atomic E-state index is 9.46. The summed E-state index contributed by atoms with van der Waals surface area (Å²) in [6, 6.07) is 0. The number of thioether (sulfide) groups is 1. The molecule has 2 nitrogen and oxygen atoms in total. The van der Waals surface area contributed by atoms with Crippen LogP contribution in [0.5, 0.6) is 0 Å². The van der Waals surface area contributed by atoms with Gasteiger partial charge >= 0.3 is 0 Å². The van der Waals surface area contributed by atoms with E-state index in [1.54, 1.807) is 23.1 Å². The second-order valence-corrected chi connectivity index (χ2v) is 4.24. The molecule has 0 aromatic carbocycles. The molecule has 1 aromatic rings. The number of nitrogens with zero attached hydrogens (tertiary/aromatic N) is 1. The molecule has 0 bridgehead atoms. The highest BCUT2D eigenvalue weighted by Gasteiger charge is 2.08. The fourth-order valence-electron chi connectivity index (χ4n) is 0.776. The molecule has 1 rings (SSSR count). The van der Waals surface area contributed by atoms with E-state index in [1.165, 1.54) is 0 Å². The van der Waals surface area contributed by atoms with Crippen molar-refractivity contribution in [3.63, 3.8) is 0 Å². The van der Waals surface area contributed by atoms with Crippen molar-refractivity contribution in [3.05, 3.63) is 16.1 Å². The molecule has 0 radical (unpaired) electrons. The number of thiazole rings is 1. The summed E-state index contributed by atoms with van der Waals surface area (Å²) in [6.45, 7) is 1.94. The SMILES string of the molecule is CSCC(O)c1csc(C)n1. The van der Waals surface area contributed by atoms with E-state index in [9.17, 15) is 5.11 Å². The Balaban J connectivity index is 2.60. The molecule has 1 N–H and O–H groups in total. The van der Waals surface area contributed by atoms with Gasteiger partial charge < -0.3 is 5.11 Å². The molecule has 0 aliphatic rings. The van der Waals surface area contributed by atoms with Crippen molar-refractivity contribution >= 4 is 23.1 Å². The topological polar surface area (TPSA) is 33.1 Å². The quantitative estimate of drug-likeness (QED) is 0.787. The van der Waals surface area contributed by atoms with Gasteiger partial charge in [0, 0.05) is 11.1 Å². The molecule has 0 aliphatic carbocycles.